The van der Waals surface area contributed by atoms with Crippen LogP contribution in [0, 0.1) is 0 Å². The third-order valence-electron chi connectivity index (χ3n) is 3.60. The maximum atomic E-state index is 12.3. The summed E-state index contributed by atoms with van der Waals surface area (Å²) in [6.45, 7) is 3.60. The van der Waals surface area contributed by atoms with Gasteiger partial charge in [0, 0.05) is 11.1 Å². The Hall–Kier alpha value is -2.42. The molecule has 0 aliphatic carbocycles. The van der Waals surface area contributed by atoms with Gasteiger partial charge >= 0.3 is 5.97 Å². The van der Waals surface area contributed by atoms with Gasteiger partial charge in [-0.05, 0) is 19.4 Å². The summed E-state index contributed by atoms with van der Waals surface area (Å²) in [5, 5.41) is 0. The van der Waals surface area contributed by atoms with Crippen LogP contribution >= 0.6 is 0 Å². The first-order valence-corrected chi connectivity index (χ1v) is 6.75. The van der Waals surface area contributed by atoms with Gasteiger partial charge in [0.2, 0.25) is 0 Å². The third-order valence-corrected chi connectivity index (χ3v) is 3.60. The zero-order valence-corrected chi connectivity index (χ0v) is 12.4. The van der Waals surface area contributed by atoms with E-state index in [4.69, 9.17) is 4.74 Å². The molecule has 3 nitrogen and oxygen atoms in total. The summed E-state index contributed by atoms with van der Waals surface area (Å²) < 4.78 is 4.81. The van der Waals surface area contributed by atoms with Gasteiger partial charge in [-0.1, -0.05) is 54.6 Å². The average molecular weight is 282 g/mol. The van der Waals surface area contributed by atoms with Crippen molar-refractivity contribution in [3.8, 4) is 0 Å². The largest absolute Gasteiger partial charge is 0.468 e. The van der Waals surface area contributed by atoms with Crippen LogP contribution in [0.1, 0.15) is 35.3 Å². The van der Waals surface area contributed by atoms with Crippen LogP contribution in [0.15, 0.2) is 54.6 Å². The molecule has 0 aliphatic heterocycles. The summed E-state index contributed by atoms with van der Waals surface area (Å²) in [5.74, 6) is -0.331. The van der Waals surface area contributed by atoms with E-state index in [2.05, 4.69) is 0 Å². The second-order valence-electron chi connectivity index (χ2n) is 5.39. The summed E-state index contributed by atoms with van der Waals surface area (Å²) in [6.07, 6.45) is 0. The van der Waals surface area contributed by atoms with Crippen molar-refractivity contribution in [1.29, 1.82) is 0 Å². The van der Waals surface area contributed by atoms with Crippen molar-refractivity contribution < 1.29 is 14.3 Å². The van der Waals surface area contributed by atoms with Crippen molar-refractivity contribution in [2.75, 3.05) is 7.11 Å². The van der Waals surface area contributed by atoms with E-state index in [-0.39, 0.29) is 11.8 Å². The van der Waals surface area contributed by atoms with Gasteiger partial charge in [0.05, 0.1) is 12.5 Å². The highest BCUT2D eigenvalue weighted by molar-refractivity contribution is 6.09. The lowest BCUT2D eigenvalue weighted by molar-refractivity contribution is -0.146. The molecule has 0 fully saturated rings. The van der Waals surface area contributed by atoms with E-state index >= 15 is 0 Å². The van der Waals surface area contributed by atoms with E-state index in [9.17, 15) is 9.59 Å². The fourth-order valence-corrected chi connectivity index (χ4v) is 2.17. The highest BCUT2D eigenvalue weighted by atomic mass is 16.5. The fraction of sp³-hybridized carbons (Fsp3) is 0.222. The first-order chi connectivity index (χ1) is 9.96. The molecule has 0 aliphatic rings. The lowest BCUT2D eigenvalue weighted by Gasteiger charge is -2.22. The molecule has 0 unspecified atom stereocenters. The van der Waals surface area contributed by atoms with Gasteiger partial charge in [0.15, 0.2) is 5.78 Å². The second-order valence-corrected chi connectivity index (χ2v) is 5.39. The molecule has 21 heavy (non-hydrogen) atoms. The van der Waals surface area contributed by atoms with Gasteiger partial charge in [-0.15, -0.1) is 0 Å². The minimum atomic E-state index is -0.733. The highest BCUT2D eigenvalue weighted by Gasteiger charge is 2.30. The van der Waals surface area contributed by atoms with Crippen LogP contribution in [0.5, 0.6) is 0 Å². The fourth-order valence-electron chi connectivity index (χ4n) is 2.17. The van der Waals surface area contributed by atoms with Crippen LogP contribution in [0.4, 0.5) is 0 Å². The predicted molar refractivity (Wildman–Crippen MR) is 81.4 cm³/mol. The highest BCUT2D eigenvalue weighted by Crippen LogP contribution is 2.25. The minimum Gasteiger partial charge on any atom is -0.468 e. The Morgan fingerprint density at radius 3 is 1.90 bits per heavy atom. The van der Waals surface area contributed by atoms with Crippen molar-refractivity contribution in [1.82, 2.24) is 0 Å². The molecule has 0 saturated heterocycles. The summed E-state index contributed by atoms with van der Waals surface area (Å²) in [4.78, 5) is 24.1. The van der Waals surface area contributed by atoms with Crippen molar-refractivity contribution in [2.45, 2.75) is 19.3 Å². The van der Waals surface area contributed by atoms with Crippen LogP contribution in [0.25, 0.3) is 0 Å². The Labute approximate surface area is 124 Å². The molecule has 0 spiro atoms. The van der Waals surface area contributed by atoms with Crippen LogP contribution < -0.4 is 0 Å². The van der Waals surface area contributed by atoms with E-state index in [1.807, 2.05) is 18.2 Å². The first kappa shape index (κ1) is 15.0. The average Bonchev–Trinajstić information content (AvgIpc) is 2.54. The van der Waals surface area contributed by atoms with E-state index < -0.39 is 5.41 Å². The molecular weight excluding hydrogens is 264 g/mol. The minimum absolute atomic E-state index is 0.0296. The first-order valence-electron chi connectivity index (χ1n) is 6.75. The zero-order chi connectivity index (χ0) is 15.5. The SMILES string of the molecule is COC(=O)C(C)(C)c1ccc(C(=O)c2ccccc2)cc1. The van der Waals surface area contributed by atoms with E-state index in [0.29, 0.717) is 11.1 Å². The van der Waals surface area contributed by atoms with Crippen molar-refractivity contribution in [2.24, 2.45) is 0 Å². The van der Waals surface area contributed by atoms with E-state index in [0.717, 1.165) is 5.56 Å². The summed E-state index contributed by atoms with van der Waals surface area (Å²) >= 11 is 0. The number of ether oxygens (including phenoxy) is 1. The standard InChI is InChI=1S/C18H18O3/c1-18(2,17(20)21-3)15-11-9-14(10-12-15)16(19)13-7-5-4-6-8-13/h4-12H,1-3H3. The molecular formula is C18H18O3. The van der Waals surface area contributed by atoms with Crippen LogP contribution in [0.2, 0.25) is 0 Å². The Morgan fingerprint density at radius 2 is 1.38 bits per heavy atom. The normalized spacial score (nSPS) is 11.0. The van der Waals surface area contributed by atoms with Crippen molar-refractivity contribution in [3.05, 3.63) is 71.3 Å². The number of carbonyl (C=O) groups excluding carboxylic acids is 2. The quantitative estimate of drug-likeness (QED) is 0.638. The Kier molecular flexibility index (Phi) is 4.22. The van der Waals surface area contributed by atoms with Gasteiger partial charge in [0.1, 0.15) is 0 Å². The molecule has 2 aromatic carbocycles. The number of benzene rings is 2. The van der Waals surface area contributed by atoms with E-state index in [1.165, 1.54) is 7.11 Å². The summed E-state index contributed by atoms with van der Waals surface area (Å²) in [7, 11) is 1.37. The number of hydrogen-bond donors (Lipinski definition) is 0. The number of rotatable bonds is 4. The van der Waals surface area contributed by atoms with Gasteiger partial charge in [0.25, 0.3) is 0 Å². The maximum absolute atomic E-state index is 12.3. The molecule has 0 bridgehead atoms. The Balaban J connectivity index is 2.28. The molecule has 108 valence electrons. The summed E-state index contributed by atoms with van der Waals surface area (Å²) in [6, 6.07) is 16.2. The molecule has 0 aromatic heterocycles. The van der Waals surface area contributed by atoms with Crippen LogP contribution in [0.3, 0.4) is 0 Å². The van der Waals surface area contributed by atoms with Crippen molar-refractivity contribution >= 4 is 11.8 Å². The Morgan fingerprint density at radius 1 is 0.857 bits per heavy atom. The number of ketones is 1. The second kappa shape index (κ2) is 5.92. The molecule has 0 heterocycles. The van der Waals surface area contributed by atoms with Gasteiger partial charge < -0.3 is 4.74 Å². The predicted octanol–water partition coefficient (Wildman–Crippen LogP) is 3.37. The lowest BCUT2D eigenvalue weighted by atomic mass is 9.84. The monoisotopic (exact) mass is 282 g/mol. The molecule has 0 atom stereocenters. The van der Waals surface area contributed by atoms with Crippen LogP contribution in [-0.2, 0) is 14.9 Å². The Bertz CT molecular complexity index is 640. The molecule has 3 heteroatoms. The molecule has 2 aromatic rings. The smallest absolute Gasteiger partial charge is 0.315 e. The number of esters is 1. The van der Waals surface area contributed by atoms with Crippen LogP contribution in [-0.4, -0.2) is 18.9 Å². The molecule has 0 amide bonds. The molecule has 0 saturated carbocycles. The number of carbonyl (C=O) groups is 2. The van der Waals surface area contributed by atoms with Gasteiger partial charge in [-0.25, -0.2) is 0 Å². The molecule has 0 N–H and O–H groups in total. The lowest BCUT2D eigenvalue weighted by Crippen LogP contribution is -2.30. The summed E-state index contributed by atoms with van der Waals surface area (Å²) in [5.41, 5.74) is 1.34. The third kappa shape index (κ3) is 3.02. The molecule has 2 rings (SSSR count). The van der Waals surface area contributed by atoms with Gasteiger partial charge in [-0.2, -0.15) is 0 Å². The topological polar surface area (TPSA) is 43.4 Å². The maximum Gasteiger partial charge on any atom is 0.315 e. The number of hydrogen-bond acceptors (Lipinski definition) is 3. The van der Waals surface area contributed by atoms with Gasteiger partial charge in [-0.3, -0.25) is 9.59 Å². The molecule has 0 radical (unpaired) electrons. The van der Waals surface area contributed by atoms with E-state index in [1.54, 1.807) is 50.2 Å². The van der Waals surface area contributed by atoms with Crippen molar-refractivity contribution in [3.63, 3.8) is 0 Å². The zero-order valence-electron chi connectivity index (χ0n) is 12.4. The number of methoxy groups -OCH3 is 1.